The summed E-state index contributed by atoms with van der Waals surface area (Å²) in [5.41, 5.74) is 0. The first kappa shape index (κ1) is 25.6. The van der Waals surface area contributed by atoms with Crippen LogP contribution in [0.1, 0.15) is 20.8 Å². The second kappa shape index (κ2) is 10.2. The Kier molecular flexibility index (Phi) is 10.5. The highest BCUT2D eigenvalue weighted by Crippen LogP contribution is 2.44. The maximum absolute atomic E-state index is 5.91. The first-order valence-electron chi connectivity index (χ1n) is 8.77. The minimum Gasteiger partial charge on any atom is -0.398 e. The van der Waals surface area contributed by atoms with Gasteiger partial charge in [0.25, 0.3) is 0 Å². The average Bonchev–Trinajstić information content (AvgIpc) is 2.65. The molecule has 0 aromatic heterocycles. The molecule has 0 aromatic carbocycles. The van der Waals surface area contributed by atoms with Gasteiger partial charge >= 0.3 is 25.7 Å². The van der Waals surface area contributed by atoms with Gasteiger partial charge in [-0.15, -0.1) is 0 Å². The largest absolute Gasteiger partial charge is 0.398 e. The molecule has 3 unspecified atom stereocenters. The monoisotopic (exact) mass is 428 g/mol. The van der Waals surface area contributed by atoms with Gasteiger partial charge in [-0.05, 0) is 35.1 Å². The SMILES string of the molecule is CO[Si](C)(OC)C(C)[SiH](C(C)[Si](C)(OC)OC)C(C)[Si](C)(OC)OC. The lowest BCUT2D eigenvalue weighted by Gasteiger charge is -2.46. The maximum atomic E-state index is 5.91. The molecule has 0 radical (unpaired) electrons. The Morgan fingerprint density at radius 1 is 0.480 bits per heavy atom. The fourth-order valence-electron chi connectivity index (χ4n) is 3.71. The van der Waals surface area contributed by atoms with Crippen LogP contribution in [-0.2, 0) is 26.6 Å². The number of hydrogen-bond acceptors (Lipinski definition) is 6. The van der Waals surface area contributed by atoms with Gasteiger partial charge in [0.1, 0.15) is 0 Å². The molecule has 152 valence electrons. The normalized spacial score (nSPS) is 18.7. The van der Waals surface area contributed by atoms with E-state index in [0.717, 1.165) is 0 Å². The van der Waals surface area contributed by atoms with Gasteiger partial charge in [0.15, 0.2) is 0 Å². The predicted octanol–water partition coefficient (Wildman–Crippen LogP) is 3.10. The van der Waals surface area contributed by atoms with Crippen molar-refractivity contribution < 1.29 is 26.6 Å². The van der Waals surface area contributed by atoms with Crippen LogP contribution in [0.15, 0.2) is 0 Å². The molecule has 6 nitrogen and oxygen atoms in total. The molecule has 0 amide bonds. The van der Waals surface area contributed by atoms with E-state index in [0.29, 0.717) is 15.5 Å². The molecule has 0 heterocycles. The van der Waals surface area contributed by atoms with Crippen molar-refractivity contribution in [3.8, 4) is 0 Å². The Morgan fingerprint density at radius 3 is 0.760 bits per heavy atom. The fraction of sp³-hybridized carbons (Fsp3) is 1.00. The standard InChI is InChI=1S/C15H40O6Si4/c1-13(23(10,16-4)17-5)22(14(2)24(11,18-6)19-7)15(3)25(12,20-8)21-9/h13-15,22H,1-12H3. The molecule has 3 atom stereocenters. The highest BCUT2D eigenvalue weighted by Gasteiger charge is 2.56. The summed E-state index contributed by atoms with van der Waals surface area (Å²) in [5.74, 6) is 0. The van der Waals surface area contributed by atoms with Crippen molar-refractivity contribution in [2.24, 2.45) is 0 Å². The van der Waals surface area contributed by atoms with E-state index >= 15 is 0 Å². The van der Waals surface area contributed by atoms with Gasteiger partial charge in [-0.3, -0.25) is 0 Å². The molecular weight excluding hydrogens is 389 g/mol. The van der Waals surface area contributed by atoms with Crippen molar-refractivity contribution in [1.82, 2.24) is 0 Å². The smallest absolute Gasteiger partial charge is 0.334 e. The summed E-state index contributed by atoms with van der Waals surface area (Å²) >= 11 is 0. The zero-order valence-corrected chi connectivity index (χ0v) is 22.4. The van der Waals surface area contributed by atoms with Crippen molar-refractivity contribution in [3.63, 3.8) is 0 Å². The van der Waals surface area contributed by atoms with Crippen molar-refractivity contribution >= 4 is 34.5 Å². The molecule has 0 N–H and O–H groups in total. The summed E-state index contributed by atoms with van der Waals surface area (Å²) in [6.07, 6.45) is 0. The summed E-state index contributed by atoms with van der Waals surface area (Å²) in [5, 5.41) is 1.05. The zero-order valence-electron chi connectivity index (χ0n) is 18.3. The molecule has 0 saturated carbocycles. The Labute approximate surface area is 159 Å². The van der Waals surface area contributed by atoms with E-state index in [4.69, 9.17) is 26.6 Å². The molecule has 0 aliphatic heterocycles. The van der Waals surface area contributed by atoms with Crippen LogP contribution in [-0.4, -0.2) is 77.1 Å². The molecular formula is C15H40O6Si4. The topological polar surface area (TPSA) is 55.4 Å². The fourth-order valence-corrected chi connectivity index (χ4v) is 26.8. The Morgan fingerprint density at radius 2 is 0.640 bits per heavy atom. The second-order valence-corrected chi connectivity index (χ2v) is 24.6. The van der Waals surface area contributed by atoms with Gasteiger partial charge in [-0.25, -0.2) is 0 Å². The van der Waals surface area contributed by atoms with Crippen molar-refractivity contribution in [3.05, 3.63) is 0 Å². The lowest BCUT2D eigenvalue weighted by atomic mass is 10.9. The van der Waals surface area contributed by atoms with Crippen molar-refractivity contribution in [2.75, 3.05) is 42.7 Å². The highest BCUT2D eigenvalue weighted by molar-refractivity contribution is 6.98. The first-order chi connectivity index (χ1) is 11.5. The Hall–Kier alpha value is 0.628. The summed E-state index contributed by atoms with van der Waals surface area (Å²) < 4.78 is 35.5. The van der Waals surface area contributed by atoms with E-state index in [-0.39, 0.29) is 0 Å². The summed E-state index contributed by atoms with van der Waals surface area (Å²) in [4.78, 5) is 0. The molecule has 0 saturated heterocycles. The summed E-state index contributed by atoms with van der Waals surface area (Å²) in [7, 11) is 2.08. The zero-order chi connectivity index (χ0) is 20.1. The van der Waals surface area contributed by atoms with Gasteiger partial charge in [0, 0.05) is 42.7 Å². The molecule has 0 fully saturated rings. The molecule has 25 heavy (non-hydrogen) atoms. The van der Waals surface area contributed by atoms with Gasteiger partial charge in [0.2, 0.25) is 0 Å². The third-order valence-electron chi connectivity index (χ3n) is 6.65. The van der Waals surface area contributed by atoms with Crippen LogP contribution >= 0.6 is 0 Å². The van der Waals surface area contributed by atoms with Crippen LogP contribution in [0.3, 0.4) is 0 Å². The number of rotatable bonds is 12. The van der Waals surface area contributed by atoms with Crippen molar-refractivity contribution in [1.29, 1.82) is 0 Å². The third-order valence-corrected chi connectivity index (χ3v) is 28.8. The van der Waals surface area contributed by atoms with Crippen molar-refractivity contribution in [2.45, 2.75) is 55.9 Å². The third kappa shape index (κ3) is 5.33. The highest BCUT2D eigenvalue weighted by atomic mass is 28.4. The van der Waals surface area contributed by atoms with Crippen LogP contribution in [0.4, 0.5) is 0 Å². The molecule has 0 rings (SSSR count). The lowest BCUT2D eigenvalue weighted by Crippen LogP contribution is -2.60. The summed E-state index contributed by atoms with van der Waals surface area (Å²) in [6.45, 7) is 13.3. The molecule has 0 bridgehead atoms. The molecule has 0 spiro atoms. The molecule has 0 aliphatic carbocycles. The predicted molar refractivity (Wildman–Crippen MR) is 112 cm³/mol. The van der Waals surface area contributed by atoms with Crippen LogP contribution in [0.5, 0.6) is 0 Å². The van der Waals surface area contributed by atoms with Gasteiger partial charge < -0.3 is 26.6 Å². The minimum atomic E-state index is -2.31. The van der Waals surface area contributed by atoms with E-state index < -0.39 is 34.5 Å². The minimum absolute atomic E-state index is 0.349. The van der Waals surface area contributed by atoms with Gasteiger partial charge in [0.05, 0.1) is 8.80 Å². The number of hydrogen-bond donors (Lipinski definition) is 0. The van der Waals surface area contributed by atoms with Crippen LogP contribution in [0.25, 0.3) is 0 Å². The quantitative estimate of drug-likeness (QED) is 0.445. The van der Waals surface area contributed by atoms with Crippen LogP contribution < -0.4 is 0 Å². The first-order valence-corrected chi connectivity index (χ1v) is 18.0. The molecule has 10 heteroatoms. The van der Waals surface area contributed by atoms with Gasteiger partial charge in [-0.1, -0.05) is 20.8 Å². The Balaban J connectivity index is 6.15. The average molecular weight is 429 g/mol. The summed E-state index contributed by atoms with van der Waals surface area (Å²) in [6, 6.07) is 0. The molecule has 0 aliphatic rings. The van der Waals surface area contributed by atoms with Crippen LogP contribution in [0, 0.1) is 0 Å². The van der Waals surface area contributed by atoms with Crippen LogP contribution in [0.2, 0.25) is 35.1 Å². The second-order valence-electron chi connectivity index (χ2n) is 7.22. The van der Waals surface area contributed by atoms with Gasteiger partial charge in [-0.2, -0.15) is 0 Å². The van der Waals surface area contributed by atoms with E-state index in [9.17, 15) is 0 Å². The molecule has 0 aromatic rings. The van der Waals surface area contributed by atoms with E-state index in [1.54, 1.807) is 42.7 Å². The Bertz CT molecular complexity index is 331. The lowest BCUT2D eigenvalue weighted by molar-refractivity contribution is 0.238. The van der Waals surface area contributed by atoms with E-state index in [1.165, 1.54) is 0 Å². The maximum Gasteiger partial charge on any atom is 0.334 e. The van der Waals surface area contributed by atoms with E-state index in [1.807, 2.05) is 0 Å². The van der Waals surface area contributed by atoms with E-state index in [2.05, 4.69) is 40.4 Å².